The number of nitrogens with one attached hydrogen (secondary N) is 1. The second-order valence-electron chi connectivity index (χ2n) is 3.87. The highest BCUT2D eigenvalue weighted by molar-refractivity contribution is 7.09. The second-order valence-corrected chi connectivity index (χ2v) is 5.12. The van der Waals surface area contributed by atoms with E-state index in [9.17, 15) is 0 Å². The summed E-state index contributed by atoms with van der Waals surface area (Å²) < 4.78 is 0. The Bertz CT molecular complexity index is 249. The van der Waals surface area contributed by atoms with Crippen LogP contribution in [0.2, 0.25) is 0 Å². The van der Waals surface area contributed by atoms with Gasteiger partial charge in [0.1, 0.15) is 5.01 Å². The van der Waals surface area contributed by atoms with Crippen molar-refractivity contribution < 1.29 is 0 Å². The summed E-state index contributed by atoms with van der Waals surface area (Å²) >= 11 is 7.72. The van der Waals surface area contributed by atoms with E-state index in [0.717, 1.165) is 36.8 Å². The average molecular weight is 247 g/mol. The highest BCUT2D eigenvalue weighted by atomic mass is 35.5. The van der Waals surface area contributed by atoms with Crippen LogP contribution >= 0.6 is 22.9 Å². The van der Waals surface area contributed by atoms with Crippen molar-refractivity contribution in [2.75, 3.05) is 12.4 Å². The van der Waals surface area contributed by atoms with Crippen molar-refractivity contribution in [3.8, 4) is 0 Å². The third-order valence-electron chi connectivity index (χ3n) is 3.04. The van der Waals surface area contributed by atoms with Gasteiger partial charge in [-0.25, -0.2) is 4.98 Å². The molecule has 0 fully saturated rings. The van der Waals surface area contributed by atoms with Gasteiger partial charge in [0.15, 0.2) is 0 Å². The van der Waals surface area contributed by atoms with Gasteiger partial charge in [-0.05, 0) is 18.3 Å². The van der Waals surface area contributed by atoms with E-state index in [1.165, 1.54) is 0 Å². The van der Waals surface area contributed by atoms with E-state index >= 15 is 0 Å². The maximum absolute atomic E-state index is 6.03. The zero-order chi connectivity index (χ0) is 11.1. The lowest BCUT2D eigenvalue weighted by Gasteiger charge is -2.29. The van der Waals surface area contributed by atoms with E-state index in [2.05, 4.69) is 24.1 Å². The van der Waals surface area contributed by atoms with E-state index in [4.69, 9.17) is 11.6 Å². The summed E-state index contributed by atoms with van der Waals surface area (Å²) in [5, 5.41) is 6.59. The summed E-state index contributed by atoms with van der Waals surface area (Å²) in [5.41, 5.74) is 0.249. The van der Waals surface area contributed by atoms with Gasteiger partial charge in [-0.15, -0.1) is 22.9 Å². The Morgan fingerprint density at radius 3 is 2.67 bits per heavy atom. The molecule has 86 valence electrons. The fourth-order valence-electron chi connectivity index (χ4n) is 1.51. The fourth-order valence-corrected chi connectivity index (χ4v) is 2.57. The minimum Gasteiger partial charge on any atom is -0.310 e. The van der Waals surface area contributed by atoms with Crippen LogP contribution in [-0.4, -0.2) is 17.4 Å². The molecule has 0 aliphatic heterocycles. The number of thiazole rings is 1. The van der Waals surface area contributed by atoms with Gasteiger partial charge >= 0.3 is 0 Å². The molecule has 15 heavy (non-hydrogen) atoms. The topological polar surface area (TPSA) is 24.9 Å². The van der Waals surface area contributed by atoms with Gasteiger partial charge in [0.25, 0.3) is 0 Å². The Kier molecular flexibility index (Phi) is 5.58. The number of hydrogen-bond donors (Lipinski definition) is 1. The molecule has 0 saturated heterocycles. The first-order chi connectivity index (χ1) is 7.26. The van der Waals surface area contributed by atoms with Crippen LogP contribution in [-0.2, 0) is 6.54 Å². The van der Waals surface area contributed by atoms with Crippen LogP contribution in [0, 0.1) is 5.41 Å². The molecule has 0 atom stereocenters. The first-order valence-corrected chi connectivity index (χ1v) is 6.83. The molecule has 1 aromatic rings. The van der Waals surface area contributed by atoms with E-state index in [-0.39, 0.29) is 5.41 Å². The number of aromatic nitrogens is 1. The lowest BCUT2D eigenvalue weighted by molar-refractivity contribution is 0.286. The minimum absolute atomic E-state index is 0.249. The second kappa shape index (κ2) is 6.46. The Morgan fingerprint density at radius 1 is 1.47 bits per heavy atom. The SMILES string of the molecule is CCC(CC)(CCl)CNCc1nccs1. The smallest absolute Gasteiger partial charge is 0.106 e. The summed E-state index contributed by atoms with van der Waals surface area (Å²) in [7, 11) is 0. The number of nitrogens with zero attached hydrogens (tertiary/aromatic N) is 1. The van der Waals surface area contributed by atoms with Crippen molar-refractivity contribution >= 4 is 22.9 Å². The molecule has 1 heterocycles. The first kappa shape index (κ1) is 12.9. The molecule has 1 rings (SSSR count). The van der Waals surface area contributed by atoms with Crippen molar-refractivity contribution in [1.82, 2.24) is 10.3 Å². The lowest BCUT2D eigenvalue weighted by atomic mass is 9.84. The van der Waals surface area contributed by atoms with Crippen LogP contribution in [0.4, 0.5) is 0 Å². The summed E-state index contributed by atoms with van der Waals surface area (Å²) in [4.78, 5) is 4.24. The van der Waals surface area contributed by atoms with E-state index in [0.29, 0.717) is 0 Å². The normalized spacial score (nSPS) is 11.9. The van der Waals surface area contributed by atoms with E-state index < -0.39 is 0 Å². The Labute approximate surface area is 101 Å². The Hall–Kier alpha value is -0.120. The van der Waals surface area contributed by atoms with Crippen molar-refractivity contribution in [1.29, 1.82) is 0 Å². The molecule has 0 spiro atoms. The predicted molar refractivity (Wildman–Crippen MR) is 67.6 cm³/mol. The van der Waals surface area contributed by atoms with Gasteiger partial charge in [-0.1, -0.05) is 13.8 Å². The van der Waals surface area contributed by atoms with Gasteiger partial charge in [0, 0.05) is 30.5 Å². The van der Waals surface area contributed by atoms with Gasteiger partial charge in [-0.2, -0.15) is 0 Å². The van der Waals surface area contributed by atoms with Crippen molar-refractivity contribution in [2.24, 2.45) is 5.41 Å². The number of rotatable bonds is 7. The molecule has 0 aromatic carbocycles. The molecule has 0 aliphatic rings. The largest absolute Gasteiger partial charge is 0.310 e. The average Bonchev–Trinajstić information content (AvgIpc) is 2.78. The first-order valence-electron chi connectivity index (χ1n) is 5.41. The van der Waals surface area contributed by atoms with Crippen LogP contribution in [0.15, 0.2) is 11.6 Å². The Balaban J connectivity index is 2.34. The predicted octanol–water partition coefficient (Wildman–Crippen LogP) is 3.28. The molecular weight excluding hydrogens is 228 g/mol. The lowest BCUT2D eigenvalue weighted by Crippen LogP contribution is -2.34. The van der Waals surface area contributed by atoms with Crippen LogP contribution in [0.5, 0.6) is 0 Å². The monoisotopic (exact) mass is 246 g/mol. The van der Waals surface area contributed by atoms with Crippen molar-refractivity contribution in [3.05, 3.63) is 16.6 Å². The Morgan fingerprint density at radius 2 is 2.20 bits per heavy atom. The summed E-state index contributed by atoms with van der Waals surface area (Å²) in [6.07, 6.45) is 4.09. The zero-order valence-corrected chi connectivity index (χ0v) is 11.0. The van der Waals surface area contributed by atoms with Gasteiger partial charge in [0.2, 0.25) is 0 Å². The molecule has 0 amide bonds. The van der Waals surface area contributed by atoms with Crippen LogP contribution in [0.25, 0.3) is 0 Å². The molecule has 0 unspecified atom stereocenters. The molecule has 1 N–H and O–H groups in total. The van der Waals surface area contributed by atoms with Gasteiger partial charge in [-0.3, -0.25) is 0 Å². The van der Waals surface area contributed by atoms with Crippen LogP contribution < -0.4 is 5.32 Å². The number of halogens is 1. The summed E-state index contributed by atoms with van der Waals surface area (Å²) in [6, 6.07) is 0. The third-order valence-corrected chi connectivity index (χ3v) is 4.39. The van der Waals surface area contributed by atoms with Crippen molar-refractivity contribution in [3.63, 3.8) is 0 Å². The fraction of sp³-hybridized carbons (Fsp3) is 0.727. The minimum atomic E-state index is 0.249. The zero-order valence-electron chi connectivity index (χ0n) is 9.42. The van der Waals surface area contributed by atoms with Crippen LogP contribution in [0.1, 0.15) is 31.7 Å². The van der Waals surface area contributed by atoms with Gasteiger partial charge < -0.3 is 5.32 Å². The van der Waals surface area contributed by atoms with Gasteiger partial charge in [0.05, 0.1) is 0 Å². The summed E-state index contributed by atoms with van der Waals surface area (Å²) in [5.74, 6) is 0.727. The highest BCUT2D eigenvalue weighted by Gasteiger charge is 2.24. The maximum Gasteiger partial charge on any atom is 0.106 e. The quantitative estimate of drug-likeness (QED) is 0.747. The van der Waals surface area contributed by atoms with E-state index in [1.807, 2.05) is 11.6 Å². The van der Waals surface area contributed by atoms with Crippen LogP contribution in [0.3, 0.4) is 0 Å². The number of alkyl halides is 1. The molecule has 0 saturated carbocycles. The standard InChI is InChI=1S/C11H19ClN2S/c1-3-11(4-2,8-12)9-13-7-10-14-5-6-15-10/h5-6,13H,3-4,7-9H2,1-2H3. The number of hydrogen-bond acceptors (Lipinski definition) is 3. The molecular formula is C11H19ClN2S. The highest BCUT2D eigenvalue weighted by Crippen LogP contribution is 2.26. The summed E-state index contributed by atoms with van der Waals surface area (Å²) in [6.45, 7) is 6.24. The third kappa shape index (κ3) is 3.74. The van der Waals surface area contributed by atoms with E-state index in [1.54, 1.807) is 11.3 Å². The molecule has 4 heteroatoms. The molecule has 0 bridgehead atoms. The molecule has 2 nitrogen and oxygen atoms in total. The maximum atomic E-state index is 6.03. The van der Waals surface area contributed by atoms with Crippen molar-refractivity contribution in [2.45, 2.75) is 33.2 Å². The molecule has 0 aliphatic carbocycles. The molecule has 1 aromatic heterocycles. The molecule has 0 radical (unpaired) electrons.